The second-order valence-corrected chi connectivity index (χ2v) is 5.35. The summed E-state index contributed by atoms with van der Waals surface area (Å²) in [5.41, 5.74) is 2.23. The van der Waals surface area contributed by atoms with Crippen molar-refractivity contribution in [3.05, 3.63) is 56.3 Å². The molecule has 1 aromatic heterocycles. The van der Waals surface area contributed by atoms with E-state index in [1.165, 1.54) is 25.1 Å². The molecule has 0 bridgehead atoms. The molecule has 0 aliphatic rings. The maximum atomic E-state index is 11.9. The zero-order valence-electron chi connectivity index (χ0n) is 12.2. The van der Waals surface area contributed by atoms with Crippen molar-refractivity contribution in [2.45, 2.75) is 13.0 Å². The van der Waals surface area contributed by atoms with Crippen molar-refractivity contribution in [2.24, 2.45) is 5.10 Å². The van der Waals surface area contributed by atoms with Crippen LogP contribution in [0.3, 0.4) is 0 Å². The number of hydrogen-bond acceptors (Lipinski definition) is 6. The molecule has 24 heavy (non-hydrogen) atoms. The molecule has 0 spiro atoms. The highest BCUT2D eigenvalue weighted by molar-refractivity contribution is 6.35. The summed E-state index contributed by atoms with van der Waals surface area (Å²) < 4.78 is 10.3. The molecule has 10 heteroatoms. The number of nitro groups is 1. The predicted molar refractivity (Wildman–Crippen MR) is 87.7 cm³/mol. The number of halogens is 2. The molecule has 1 atom stereocenters. The van der Waals surface area contributed by atoms with E-state index < -0.39 is 22.8 Å². The van der Waals surface area contributed by atoms with Gasteiger partial charge < -0.3 is 9.15 Å². The lowest BCUT2D eigenvalue weighted by Crippen LogP contribution is -2.33. The van der Waals surface area contributed by atoms with Crippen molar-refractivity contribution >= 4 is 41.2 Å². The number of carbonyl (C=O) groups is 1. The van der Waals surface area contributed by atoms with Crippen LogP contribution in [0.2, 0.25) is 10.0 Å². The fraction of sp³-hybridized carbons (Fsp3) is 0.143. The number of hydrogen-bond donors (Lipinski definition) is 1. The summed E-state index contributed by atoms with van der Waals surface area (Å²) >= 11 is 11.7. The van der Waals surface area contributed by atoms with E-state index >= 15 is 0 Å². The van der Waals surface area contributed by atoms with Crippen LogP contribution in [0.1, 0.15) is 12.7 Å². The van der Waals surface area contributed by atoms with Gasteiger partial charge in [-0.3, -0.25) is 14.9 Å². The highest BCUT2D eigenvalue weighted by atomic mass is 35.5. The SMILES string of the molecule is CC(Oc1ccc(Cl)cc1Cl)C(=O)NN=Cc1ccc([N+](=O)[O-])o1. The molecule has 1 amide bonds. The average molecular weight is 372 g/mol. The van der Waals surface area contributed by atoms with Gasteiger partial charge >= 0.3 is 5.88 Å². The maximum Gasteiger partial charge on any atom is 0.433 e. The van der Waals surface area contributed by atoms with Crippen LogP contribution < -0.4 is 10.2 Å². The lowest BCUT2D eigenvalue weighted by molar-refractivity contribution is -0.402. The largest absolute Gasteiger partial charge is 0.479 e. The molecule has 1 heterocycles. The molecular weight excluding hydrogens is 361 g/mol. The van der Waals surface area contributed by atoms with Crippen molar-refractivity contribution in [3.8, 4) is 5.75 Å². The minimum Gasteiger partial charge on any atom is -0.479 e. The lowest BCUT2D eigenvalue weighted by Gasteiger charge is -2.14. The van der Waals surface area contributed by atoms with Gasteiger partial charge in [0.1, 0.15) is 10.7 Å². The summed E-state index contributed by atoms with van der Waals surface area (Å²) in [6, 6.07) is 7.14. The number of nitrogens with one attached hydrogen (secondary N) is 1. The molecule has 0 radical (unpaired) electrons. The van der Waals surface area contributed by atoms with Crippen molar-refractivity contribution < 1.29 is 18.9 Å². The molecule has 2 aromatic rings. The van der Waals surface area contributed by atoms with Gasteiger partial charge in [-0.15, -0.1) is 0 Å². The molecule has 0 aliphatic carbocycles. The summed E-state index contributed by atoms with van der Waals surface area (Å²) in [5, 5.41) is 14.8. The van der Waals surface area contributed by atoms with E-state index in [1.807, 2.05) is 0 Å². The van der Waals surface area contributed by atoms with Gasteiger partial charge in [0, 0.05) is 5.02 Å². The van der Waals surface area contributed by atoms with E-state index in [2.05, 4.69) is 10.5 Å². The van der Waals surface area contributed by atoms with Gasteiger partial charge in [-0.05, 0) is 31.2 Å². The number of nitrogens with zero attached hydrogens (tertiary/aromatic N) is 2. The molecule has 1 unspecified atom stereocenters. The minimum absolute atomic E-state index is 0.122. The standard InChI is InChI=1S/C14H11Cl2N3O5/c1-8(23-12-4-2-9(15)6-11(12)16)14(20)18-17-7-10-3-5-13(24-10)19(21)22/h2-8H,1H3,(H,18,20). The summed E-state index contributed by atoms with van der Waals surface area (Å²) in [7, 11) is 0. The molecular formula is C14H11Cl2N3O5. The van der Waals surface area contributed by atoms with Crippen molar-refractivity contribution in [1.82, 2.24) is 5.43 Å². The van der Waals surface area contributed by atoms with Gasteiger partial charge in [0.15, 0.2) is 11.9 Å². The number of carbonyl (C=O) groups excluding carboxylic acids is 1. The Balaban J connectivity index is 1.91. The van der Waals surface area contributed by atoms with Crippen LogP contribution in [0.15, 0.2) is 39.9 Å². The highest BCUT2D eigenvalue weighted by Crippen LogP contribution is 2.28. The third-order valence-corrected chi connectivity index (χ3v) is 3.26. The zero-order valence-corrected chi connectivity index (χ0v) is 13.7. The average Bonchev–Trinajstić information content (AvgIpc) is 2.99. The Morgan fingerprint density at radius 3 is 2.79 bits per heavy atom. The Labute approximate surface area is 146 Å². The lowest BCUT2D eigenvalue weighted by atomic mass is 10.3. The van der Waals surface area contributed by atoms with E-state index in [1.54, 1.807) is 12.1 Å². The van der Waals surface area contributed by atoms with Gasteiger partial charge in [0.05, 0.1) is 17.3 Å². The van der Waals surface area contributed by atoms with E-state index in [4.69, 9.17) is 32.4 Å². The molecule has 0 aliphatic heterocycles. The predicted octanol–water partition coefficient (Wildman–Crippen LogP) is 3.41. The Kier molecular flexibility index (Phi) is 5.78. The second-order valence-electron chi connectivity index (χ2n) is 4.50. The number of ether oxygens (including phenoxy) is 1. The van der Waals surface area contributed by atoms with Crippen LogP contribution in [0.4, 0.5) is 5.88 Å². The Morgan fingerprint density at radius 2 is 2.17 bits per heavy atom. The number of benzene rings is 1. The van der Waals surface area contributed by atoms with E-state index in [-0.39, 0.29) is 10.8 Å². The Bertz CT molecular complexity index is 790. The van der Waals surface area contributed by atoms with Crippen LogP contribution in [-0.2, 0) is 4.79 Å². The fourth-order valence-electron chi connectivity index (χ4n) is 1.57. The molecule has 126 valence electrons. The Morgan fingerprint density at radius 1 is 1.42 bits per heavy atom. The van der Waals surface area contributed by atoms with Crippen molar-refractivity contribution in [1.29, 1.82) is 0 Å². The number of amides is 1. The first-order valence-corrected chi connectivity index (χ1v) is 7.31. The summed E-state index contributed by atoms with van der Waals surface area (Å²) in [6.45, 7) is 1.51. The van der Waals surface area contributed by atoms with Crippen molar-refractivity contribution in [2.75, 3.05) is 0 Å². The van der Waals surface area contributed by atoms with Gasteiger partial charge in [0.2, 0.25) is 0 Å². The topological polar surface area (TPSA) is 107 Å². The molecule has 0 saturated carbocycles. The summed E-state index contributed by atoms with van der Waals surface area (Å²) in [5.74, 6) is -0.541. The fourth-order valence-corrected chi connectivity index (χ4v) is 2.03. The molecule has 1 aromatic carbocycles. The number of hydrazone groups is 1. The molecule has 0 fully saturated rings. The normalized spacial score (nSPS) is 12.1. The molecule has 1 N–H and O–H groups in total. The maximum absolute atomic E-state index is 11.9. The zero-order chi connectivity index (χ0) is 17.7. The van der Waals surface area contributed by atoms with Crippen LogP contribution in [0.5, 0.6) is 5.75 Å². The third-order valence-electron chi connectivity index (χ3n) is 2.73. The number of rotatable bonds is 6. The molecule has 8 nitrogen and oxygen atoms in total. The van der Waals surface area contributed by atoms with E-state index in [9.17, 15) is 14.9 Å². The minimum atomic E-state index is -0.883. The van der Waals surface area contributed by atoms with Crippen molar-refractivity contribution in [3.63, 3.8) is 0 Å². The van der Waals surface area contributed by atoms with Crippen LogP contribution >= 0.6 is 23.2 Å². The monoisotopic (exact) mass is 371 g/mol. The van der Waals surface area contributed by atoms with Gasteiger partial charge in [-0.1, -0.05) is 23.2 Å². The van der Waals surface area contributed by atoms with Gasteiger partial charge in [-0.2, -0.15) is 5.10 Å². The van der Waals surface area contributed by atoms with Crippen LogP contribution in [0, 0.1) is 10.1 Å². The summed E-state index contributed by atoms with van der Waals surface area (Å²) in [4.78, 5) is 21.7. The summed E-state index contributed by atoms with van der Waals surface area (Å²) in [6.07, 6.45) is 0.249. The van der Waals surface area contributed by atoms with Crippen LogP contribution in [0.25, 0.3) is 0 Å². The molecule has 0 saturated heterocycles. The van der Waals surface area contributed by atoms with E-state index in [0.717, 1.165) is 6.21 Å². The van der Waals surface area contributed by atoms with Crippen LogP contribution in [-0.4, -0.2) is 23.1 Å². The first-order chi connectivity index (χ1) is 11.4. The highest BCUT2D eigenvalue weighted by Gasteiger charge is 2.16. The Hall–Kier alpha value is -2.58. The smallest absolute Gasteiger partial charge is 0.433 e. The first kappa shape index (κ1) is 17.8. The quantitative estimate of drug-likeness (QED) is 0.475. The van der Waals surface area contributed by atoms with Gasteiger partial charge in [-0.25, -0.2) is 5.43 Å². The van der Waals surface area contributed by atoms with Gasteiger partial charge in [0.25, 0.3) is 5.91 Å². The molecule has 2 rings (SSSR count). The first-order valence-electron chi connectivity index (χ1n) is 6.55. The second kappa shape index (κ2) is 7.80. The number of furan rings is 1. The third kappa shape index (κ3) is 4.71. The van der Waals surface area contributed by atoms with E-state index in [0.29, 0.717) is 10.8 Å².